The van der Waals surface area contributed by atoms with Crippen molar-refractivity contribution in [2.75, 3.05) is 66.5 Å². The van der Waals surface area contributed by atoms with Crippen molar-refractivity contribution in [1.29, 1.82) is 5.26 Å². The SMILES string of the molecule is COC(=O)N1CCN(/C=C(/C#N)C(=O)N2CCN(C)CC2)CC1. The molecular formula is C15H23N5O3. The molecular weight excluding hydrogens is 298 g/mol. The molecule has 2 amide bonds. The topological polar surface area (TPSA) is 80.1 Å². The summed E-state index contributed by atoms with van der Waals surface area (Å²) in [5.41, 5.74) is 0.154. The van der Waals surface area contributed by atoms with Crippen LogP contribution in [0, 0.1) is 11.3 Å². The molecule has 0 spiro atoms. The molecule has 2 aliphatic rings. The summed E-state index contributed by atoms with van der Waals surface area (Å²) >= 11 is 0. The monoisotopic (exact) mass is 321 g/mol. The number of carbonyl (C=O) groups excluding carboxylic acids is 2. The Hall–Kier alpha value is -2.27. The van der Waals surface area contributed by atoms with Crippen LogP contribution in [0.4, 0.5) is 4.79 Å². The maximum absolute atomic E-state index is 12.4. The van der Waals surface area contributed by atoms with Gasteiger partial charge in [-0.3, -0.25) is 4.79 Å². The van der Waals surface area contributed by atoms with Gasteiger partial charge in [0.25, 0.3) is 5.91 Å². The molecule has 8 nitrogen and oxygen atoms in total. The second-order valence-electron chi connectivity index (χ2n) is 5.74. The van der Waals surface area contributed by atoms with Crippen molar-refractivity contribution in [3.05, 3.63) is 11.8 Å². The molecule has 0 bridgehead atoms. The van der Waals surface area contributed by atoms with E-state index >= 15 is 0 Å². The van der Waals surface area contributed by atoms with Gasteiger partial charge in [0.2, 0.25) is 0 Å². The highest BCUT2D eigenvalue weighted by Gasteiger charge is 2.24. The summed E-state index contributed by atoms with van der Waals surface area (Å²) in [6.07, 6.45) is 1.28. The standard InChI is InChI=1S/C15H23N5O3/c1-17-3-7-19(8-4-17)14(21)13(11-16)12-18-5-9-20(10-6-18)15(22)23-2/h12H,3-10H2,1-2H3/b13-12-. The van der Waals surface area contributed by atoms with E-state index in [-0.39, 0.29) is 17.6 Å². The molecule has 0 atom stereocenters. The van der Waals surface area contributed by atoms with Gasteiger partial charge in [0.1, 0.15) is 11.6 Å². The molecule has 0 aromatic rings. The first-order valence-corrected chi connectivity index (χ1v) is 7.72. The predicted octanol–water partition coefficient (Wildman–Crippen LogP) is -0.448. The molecule has 0 aromatic carbocycles. The quantitative estimate of drug-likeness (QED) is 0.506. The van der Waals surface area contributed by atoms with Crippen molar-refractivity contribution >= 4 is 12.0 Å². The van der Waals surface area contributed by atoms with Gasteiger partial charge in [-0.1, -0.05) is 0 Å². The van der Waals surface area contributed by atoms with E-state index in [1.165, 1.54) is 7.11 Å². The van der Waals surface area contributed by atoms with Crippen molar-refractivity contribution < 1.29 is 14.3 Å². The Kier molecular flexibility index (Phi) is 5.82. The number of carbonyl (C=O) groups is 2. The fourth-order valence-electron chi connectivity index (χ4n) is 2.66. The molecule has 2 aliphatic heterocycles. The van der Waals surface area contributed by atoms with Gasteiger partial charge in [-0.05, 0) is 7.05 Å². The number of methoxy groups -OCH3 is 1. The maximum atomic E-state index is 12.4. The highest BCUT2D eigenvalue weighted by Crippen LogP contribution is 2.10. The first kappa shape index (κ1) is 17.1. The minimum atomic E-state index is -0.345. The van der Waals surface area contributed by atoms with Gasteiger partial charge in [-0.2, -0.15) is 5.26 Å². The van der Waals surface area contributed by atoms with E-state index in [4.69, 9.17) is 0 Å². The molecule has 0 saturated carbocycles. The Labute approximate surface area is 136 Å². The van der Waals surface area contributed by atoms with Crippen molar-refractivity contribution in [3.8, 4) is 6.07 Å². The minimum absolute atomic E-state index is 0.154. The van der Waals surface area contributed by atoms with Crippen LogP contribution >= 0.6 is 0 Å². The number of amides is 2. The van der Waals surface area contributed by atoms with Gasteiger partial charge in [0, 0.05) is 58.6 Å². The Morgan fingerprint density at radius 1 is 1.00 bits per heavy atom. The number of ether oxygens (including phenoxy) is 1. The fourth-order valence-corrected chi connectivity index (χ4v) is 2.66. The molecule has 2 fully saturated rings. The lowest BCUT2D eigenvalue weighted by Crippen LogP contribution is -2.48. The molecule has 2 rings (SSSR count). The van der Waals surface area contributed by atoms with E-state index in [0.29, 0.717) is 39.3 Å². The zero-order valence-electron chi connectivity index (χ0n) is 13.7. The number of rotatable bonds is 2. The third-order valence-corrected chi connectivity index (χ3v) is 4.20. The molecule has 126 valence electrons. The first-order valence-electron chi connectivity index (χ1n) is 7.72. The van der Waals surface area contributed by atoms with Gasteiger partial charge < -0.3 is 24.3 Å². The van der Waals surface area contributed by atoms with Crippen LogP contribution in [0.5, 0.6) is 0 Å². The normalized spacial score (nSPS) is 20.2. The predicted molar refractivity (Wildman–Crippen MR) is 83.3 cm³/mol. The lowest BCUT2D eigenvalue weighted by Gasteiger charge is -2.34. The largest absolute Gasteiger partial charge is 0.453 e. The summed E-state index contributed by atoms with van der Waals surface area (Å²) in [5.74, 6) is -0.212. The van der Waals surface area contributed by atoms with E-state index in [2.05, 4.69) is 9.64 Å². The van der Waals surface area contributed by atoms with Crippen LogP contribution in [0.15, 0.2) is 11.8 Å². The molecule has 0 unspecified atom stereocenters. The Morgan fingerprint density at radius 2 is 1.57 bits per heavy atom. The van der Waals surface area contributed by atoms with Crippen LogP contribution in [-0.2, 0) is 9.53 Å². The van der Waals surface area contributed by atoms with Crippen LogP contribution in [0.3, 0.4) is 0 Å². The van der Waals surface area contributed by atoms with Crippen molar-refractivity contribution in [2.45, 2.75) is 0 Å². The van der Waals surface area contributed by atoms with Crippen LogP contribution in [-0.4, -0.2) is 98.1 Å². The van der Waals surface area contributed by atoms with Crippen LogP contribution in [0.25, 0.3) is 0 Å². The van der Waals surface area contributed by atoms with E-state index in [1.807, 2.05) is 18.0 Å². The smallest absolute Gasteiger partial charge is 0.409 e. The second-order valence-corrected chi connectivity index (χ2v) is 5.74. The highest BCUT2D eigenvalue weighted by atomic mass is 16.5. The second kappa shape index (κ2) is 7.83. The van der Waals surface area contributed by atoms with Crippen LogP contribution < -0.4 is 0 Å². The molecule has 0 aromatic heterocycles. The van der Waals surface area contributed by atoms with Gasteiger partial charge in [0.05, 0.1) is 7.11 Å². The molecule has 0 N–H and O–H groups in total. The van der Waals surface area contributed by atoms with E-state index < -0.39 is 0 Å². The Morgan fingerprint density at radius 3 is 2.09 bits per heavy atom. The molecule has 0 aliphatic carbocycles. The lowest BCUT2D eigenvalue weighted by atomic mass is 10.2. The summed E-state index contributed by atoms with van der Waals surface area (Å²) in [5, 5.41) is 9.30. The van der Waals surface area contributed by atoms with E-state index in [9.17, 15) is 14.9 Å². The summed E-state index contributed by atoms with van der Waals surface area (Å²) in [7, 11) is 3.38. The maximum Gasteiger partial charge on any atom is 0.409 e. The third-order valence-electron chi connectivity index (χ3n) is 4.20. The number of nitrogens with zero attached hydrogens (tertiary/aromatic N) is 5. The van der Waals surface area contributed by atoms with Crippen LogP contribution in [0.2, 0.25) is 0 Å². The van der Waals surface area contributed by atoms with Gasteiger partial charge in [0.15, 0.2) is 0 Å². The number of nitriles is 1. The Balaban J connectivity index is 1.93. The van der Waals surface area contributed by atoms with E-state index in [0.717, 1.165) is 13.1 Å². The zero-order valence-corrected chi connectivity index (χ0v) is 13.7. The van der Waals surface area contributed by atoms with Gasteiger partial charge in [-0.25, -0.2) is 4.79 Å². The summed E-state index contributed by atoms with van der Waals surface area (Å²) < 4.78 is 4.69. The average molecular weight is 321 g/mol. The minimum Gasteiger partial charge on any atom is -0.453 e. The van der Waals surface area contributed by atoms with Gasteiger partial charge in [-0.15, -0.1) is 0 Å². The summed E-state index contributed by atoms with van der Waals surface area (Å²) in [6, 6.07) is 2.01. The highest BCUT2D eigenvalue weighted by molar-refractivity contribution is 5.97. The van der Waals surface area contributed by atoms with Gasteiger partial charge >= 0.3 is 6.09 Å². The molecule has 23 heavy (non-hydrogen) atoms. The molecule has 2 saturated heterocycles. The number of piperazine rings is 2. The number of hydrogen-bond acceptors (Lipinski definition) is 6. The van der Waals surface area contributed by atoms with Crippen molar-refractivity contribution in [3.63, 3.8) is 0 Å². The van der Waals surface area contributed by atoms with Crippen molar-refractivity contribution in [1.82, 2.24) is 19.6 Å². The van der Waals surface area contributed by atoms with E-state index in [1.54, 1.807) is 16.0 Å². The molecule has 0 radical (unpaired) electrons. The zero-order chi connectivity index (χ0) is 16.8. The average Bonchev–Trinajstić information content (AvgIpc) is 2.59. The molecule has 2 heterocycles. The number of likely N-dealkylation sites (N-methyl/N-ethyl adjacent to an activating group) is 1. The summed E-state index contributed by atoms with van der Waals surface area (Å²) in [6.45, 7) is 5.13. The van der Waals surface area contributed by atoms with Crippen molar-refractivity contribution in [2.24, 2.45) is 0 Å². The first-order chi connectivity index (χ1) is 11.0. The Bertz CT molecular complexity index is 512. The summed E-state index contributed by atoms with van der Waals surface area (Å²) in [4.78, 5) is 31.3. The lowest BCUT2D eigenvalue weighted by molar-refractivity contribution is -0.128. The number of hydrogen-bond donors (Lipinski definition) is 0. The molecule has 8 heteroatoms. The fraction of sp³-hybridized carbons (Fsp3) is 0.667. The third kappa shape index (κ3) is 4.36. The van der Waals surface area contributed by atoms with Crippen LogP contribution in [0.1, 0.15) is 0 Å².